The molecule has 9 nitrogen and oxygen atoms in total. The Morgan fingerprint density at radius 3 is 2.08 bits per heavy atom. The second kappa shape index (κ2) is 9.13. The standard InChI is InChI=1S/C29H26N8O/c1-16-12-23(30)21-14-18(8-10-25(21)33-16)27-35-28(37(32)29(36-27)38-20-6-4-3-5-7-20)19-9-11-26-22(15-19)24(31)13-17(2)34-26/h3-15,28H,32H2,1-2H3,(H2,30,33)(H2,31,34). The average molecular weight is 503 g/mol. The summed E-state index contributed by atoms with van der Waals surface area (Å²) < 4.78 is 6.12. The molecule has 188 valence electrons. The molecule has 3 aromatic carbocycles. The first kappa shape index (κ1) is 23.4. The molecule has 0 bridgehead atoms. The molecule has 9 heteroatoms. The fourth-order valence-corrected chi connectivity index (χ4v) is 4.60. The Labute approximate surface area is 219 Å². The predicted octanol–water partition coefficient (Wildman–Crippen LogP) is 4.63. The van der Waals surface area contributed by atoms with Gasteiger partial charge in [-0.05, 0) is 74.0 Å². The molecule has 1 aliphatic rings. The largest absolute Gasteiger partial charge is 0.425 e. The van der Waals surface area contributed by atoms with Crippen molar-refractivity contribution in [3.8, 4) is 5.75 Å². The highest BCUT2D eigenvalue weighted by Gasteiger charge is 2.29. The van der Waals surface area contributed by atoms with Crippen molar-refractivity contribution < 1.29 is 4.74 Å². The van der Waals surface area contributed by atoms with Gasteiger partial charge in [-0.3, -0.25) is 9.97 Å². The number of para-hydroxylation sites is 1. The molecule has 38 heavy (non-hydrogen) atoms. The molecule has 0 amide bonds. The molecule has 0 radical (unpaired) electrons. The lowest BCUT2D eigenvalue weighted by atomic mass is 10.1. The number of aliphatic imine (C=N–C) groups is 2. The van der Waals surface area contributed by atoms with E-state index in [2.05, 4.69) is 9.97 Å². The number of aromatic nitrogens is 2. The zero-order chi connectivity index (χ0) is 26.4. The fraction of sp³-hybridized carbons (Fsp3) is 0.103. The van der Waals surface area contributed by atoms with Gasteiger partial charge in [-0.2, -0.15) is 4.99 Å². The number of hydrogen-bond acceptors (Lipinski definition) is 9. The fourth-order valence-electron chi connectivity index (χ4n) is 4.60. The zero-order valence-electron chi connectivity index (χ0n) is 21.0. The van der Waals surface area contributed by atoms with Crippen molar-refractivity contribution in [1.82, 2.24) is 15.0 Å². The van der Waals surface area contributed by atoms with E-state index in [1.165, 1.54) is 5.01 Å². The number of aryl methyl sites for hydroxylation is 2. The van der Waals surface area contributed by atoms with E-state index >= 15 is 0 Å². The Morgan fingerprint density at radius 1 is 0.763 bits per heavy atom. The van der Waals surface area contributed by atoms with Crippen LogP contribution >= 0.6 is 0 Å². The summed E-state index contributed by atoms with van der Waals surface area (Å²) in [6.07, 6.45) is -0.629. The quantitative estimate of drug-likeness (QED) is 0.305. The van der Waals surface area contributed by atoms with Crippen molar-refractivity contribution in [3.63, 3.8) is 0 Å². The van der Waals surface area contributed by atoms with Crippen LogP contribution in [0.4, 0.5) is 11.4 Å². The van der Waals surface area contributed by atoms with E-state index in [1.54, 1.807) is 0 Å². The highest BCUT2D eigenvalue weighted by Crippen LogP contribution is 2.31. The third-order valence-electron chi connectivity index (χ3n) is 6.40. The van der Waals surface area contributed by atoms with Crippen LogP contribution < -0.4 is 22.0 Å². The van der Waals surface area contributed by atoms with E-state index in [9.17, 15) is 0 Å². The molecule has 1 unspecified atom stereocenters. The van der Waals surface area contributed by atoms with Gasteiger partial charge in [-0.15, -0.1) is 0 Å². The number of nitrogen functional groups attached to an aromatic ring is 2. The lowest BCUT2D eigenvalue weighted by Gasteiger charge is -2.30. The number of rotatable bonds is 3. The molecule has 6 rings (SSSR count). The van der Waals surface area contributed by atoms with E-state index in [-0.39, 0.29) is 6.02 Å². The van der Waals surface area contributed by atoms with E-state index < -0.39 is 6.17 Å². The van der Waals surface area contributed by atoms with Gasteiger partial charge in [0.2, 0.25) is 0 Å². The molecular weight excluding hydrogens is 476 g/mol. The van der Waals surface area contributed by atoms with Crippen molar-refractivity contribution in [2.24, 2.45) is 15.8 Å². The Kier molecular flexibility index (Phi) is 5.62. The van der Waals surface area contributed by atoms with Crippen LogP contribution in [-0.2, 0) is 0 Å². The van der Waals surface area contributed by atoms with Gasteiger partial charge >= 0.3 is 6.02 Å². The minimum absolute atomic E-state index is 0.205. The van der Waals surface area contributed by atoms with E-state index in [0.29, 0.717) is 23.0 Å². The third-order valence-corrected chi connectivity index (χ3v) is 6.40. The van der Waals surface area contributed by atoms with Crippen LogP contribution in [0.5, 0.6) is 5.75 Å². The molecule has 0 saturated heterocycles. The second-order valence-electron chi connectivity index (χ2n) is 9.26. The van der Waals surface area contributed by atoms with Crippen LogP contribution in [0.2, 0.25) is 0 Å². The molecule has 2 aromatic heterocycles. The summed E-state index contributed by atoms with van der Waals surface area (Å²) in [5, 5.41) is 3.06. The number of benzene rings is 3. The van der Waals surface area contributed by atoms with Crippen molar-refractivity contribution in [1.29, 1.82) is 0 Å². The lowest BCUT2D eigenvalue weighted by Crippen LogP contribution is -2.45. The van der Waals surface area contributed by atoms with Crippen molar-refractivity contribution in [2.45, 2.75) is 20.0 Å². The summed E-state index contributed by atoms with van der Waals surface area (Å²) in [7, 11) is 0. The number of nitrogens with zero attached hydrogens (tertiary/aromatic N) is 5. The lowest BCUT2D eigenvalue weighted by molar-refractivity contribution is 0.274. The first-order valence-electron chi connectivity index (χ1n) is 12.1. The maximum Gasteiger partial charge on any atom is 0.316 e. The first-order valence-corrected chi connectivity index (χ1v) is 12.1. The molecule has 0 saturated carbocycles. The number of hydrazine groups is 1. The van der Waals surface area contributed by atoms with Gasteiger partial charge in [0, 0.05) is 39.1 Å². The van der Waals surface area contributed by atoms with Gasteiger partial charge < -0.3 is 16.2 Å². The molecule has 0 spiro atoms. The van der Waals surface area contributed by atoms with E-state index in [1.807, 2.05) is 92.7 Å². The molecule has 0 fully saturated rings. The zero-order valence-corrected chi connectivity index (χ0v) is 21.0. The predicted molar refractivity (Wildman–Crippen MR) is 152 cm³/mol. The number of nitrogens with two attached hydrogens (primary N) is 3. The number of ether oxygens (including phenoxy) is 1. The van der Waals surface area contributed by atoms with Crippen LogP contribution in [0.1, 0.15) is 28.7 Å². The van der Waals surface area contributed by atoms with Gasteiger partial charge in [0.1, 0.15) is 5.75 Å². The molecule has 3 heterocycles. The van der Waals surface area contributed by atoms with Crippen LogP contribution in [-0.4, -0.2) is 26.8 Å². The molecule has 5 aromatic rings. The number of fused-ring (bicyclic) bond motifs is 2. The summed E-state index contributed by atoms with van der Waals surface area (Å²) >= 11 is 0. The van der Waals surface area contributed by atoms with Gasteiger partial charge in [0.25, 0.3) is 0 Å². The van der Waals surface area contributed by atoms with Crippen molar-refractivity contribution >= 4 is 45.0 Å². The molecule has 6 N–H and O–H groups in total. The highest BCUT2D eigenvalue weighted by molar-refractivity contribution is 6.09. The van der Waals surface area contributed by atoms with Gasteiger partial charge in [0.15, 0.2) is 12.0 Å². The number of hydrogen-bond donors (Lipinski definition) is 3. The number of pyridine rings is 2. The summed E-state index contributed by atoms with van der Waals surface area (Å²) in [6, 6.07) is 24.9. The maximum absolute atomic E-state index is 6.57. The Bertz CT molecular complexity index is 1760. The first-order chi connectivity index (χ1) is 18.4. The van der Waals surface area contributed by atoms with Gasteiger partial charge in [0.05, 0.1) is 11.0 Å². The number of anilines is 2. The minimum atomic E-state index is -0.629. The monoisotopic (exact) mass is 502 g/mol. The molecular formula is C29H26N8O. The third kappa shape index (κ3) is 4.25. The Balaban J connectivity index is 1.49. The number of amidine groups is 2. The molecule has 1 aliphatic heterocycles. The normalized spacial score (nSPS) is 15.4. The van der Waals surface area contributed by atoms with Crippen LogP contribution in [0, 0.1) is 13.8 Å². The van der Waals surface area contributed by atoms with Crippen LogP contribution in [0.3, 0.4) is 0 Å². The van der Waals surface area contributed by atoms with E-state index in [0.717, 1.165) is 44.3 Å². The maximum atomic E-state index is 6.57. The molecule has 1 atom stereocenters. The van der Waals surface area contributed by atoms with Gasteiger partial charge in [-0.25, -0.2) is 15.8 Å². The minimum Gasteiger partial charge on any atom is -0.425 e. The van der Waals surface area contributed by atoms with Crippen molar-refractivity contribution in [3.05, 3.63) is 101 Å². The molecule has 0 aliphatic carbocycles. The van der Waals surface area contributed by atoms with Crippen molar-refractivity contribution in [2.75, 3.05) is 11.5 Å². The summed E-state index contributed by atoms with van der Waals surface area (Å²) in [4.78, 5) is 18.8. The average Bonchev–Trinajstić information content (AvgIpc) is 2.90. The smallest absolute Gasteiger partial charge is 0.316 e. The van der Waals surface area contributed by atoms with Crippen LogP contribution in [0.15, 0.2) is 88.8 Å². The highest BCUT2D eigenvalue weighted by atomic mass is 16.5. The Morgan fingerprint density at radius 2 is 1.39 bits per heavy atom. The SMILES string of the molecule is Cc1cc(N)c2cc(C3=NC(c4ccc5nc(C)cc(N)c5c4)N(N)C(Oc4ccccc4)=N3)ccc2n1. The Hall–Kier alpha value is -5.02. The summed E-state index contributed by atoms with van der Waals surface area (Å²) in [5.41, 5.74) is 18.8. The van der Waals surface area contributed by atoms with Crippen LogP contribution in [0.25, 0.3) is 21.8 Å². The van der Waals surface area contributed by atoms with E-state index in [4.69, 9.17) is 32.0 Å². The van der Waals surface area contributed by atoms with Gasteiger partial charge in [-0.1, -0.05) is 24.3 Å². The summed E-state index contributed by atoms with van der Waals surface area (Å²) in [6.45, 7) is 3.83. The topological polar surface area (TPSA) is 141 Å². The second-order valence-corrected chi connectivity index (χ2v) is 9.26. The summed E-state index contributed by atoms with van der Waals surface area (Å²) in [5.74, 6) is 7.64.